The molecule has 11 heteroatoms. The number of methoxy groups -OCH3 is 1. The lowest BCUT2D eigenvalue weighted by molar-refractivity contribution is -0.122. The van der Waals surface area contributed by atoms with Crippen LogP contribution in [0.25, 0.3) is 0 Å². The van der Waals surface area contributed by atoms with E-state index in [1.165, 1.54) is 24.1 Å². The maximum Gasteiger partial charge on any atom is 0.273 e. The van der Waals surface area contributed by atoms with E-state index in [9.17, 15) is 19.5 Å². The van der Waals surface area contributed by atoms with Crippen molar-refractivity contribution < 1.29 is 24.2 Å². The maximum atomic E-state index is 14.1. The molecule has 1 atom stereocenters. The number of anilines is 2. The van der Waals surface area contributed by atoms with Crippen LogP contribution in [0.2, 0.25) is 0 Å². The maximum absolute atomic E-state index is 14.1. The number of rotatable bonds is 9. The summed E-state index contributed by atoms with van der Waals surface area (Å²) in [6.45, 7) is 0.205. The Morgan fingerprint density at radius 3 is 2.32 bits per heavy atom. The highest BCUT2D eigenvalue weighted by Gasteiger charge is 2.37. The van der Waals surface area contributed by atoms with Crippen LogP contribution in [0, 0.1) is 0 Å². The normalized spacial score (nSPS) is 11.4. The number of nitrogen functional groups attached to an aromatic ring is 1. The Kier molecular flexibility index (Phi) is 7.88. The Hall–Kier alpha value is -4.90. The third kappa shape index (κ3) is 5.42. The fourth-order valence-corrected chi connectivity index (χ4v) is 4.63. The van der Waals surface area contributed by atoms with Gasteiger partial charge < -0.3 is 26.6 Å². The number of phenolic OH excluding ortho intramolecular Hbond substituents is 1. The molecular formula is C27H25N5O5S. The number of ether oxygens (including phenoxy) is 1. The minimum absolute atomic E-state index is 0.00911. The molecule has 10 nitrogen and oxygen atoms in total. The molecule has 0 aliphatic rings. The second-order valence-corrected chi connectivity index (χ2v) is 8.96. The molecule has 0 fully saturated rings. The lowest BCUT2D eigenvalue weighted by atomic mass is 10.0. The van der Waals surface area contributed by atoms with E-state index in [-0.39, 0.29) is 34.2 Å². The number of aromatic nitrogens is 1. The molecule has 0 radical (unpaired) electrons. The van der Waals surface area contributed by atoms with E-state index in [0.717, 1.165) is 5.56 Å². The van der Waals surface area contributed by atoms with Gasteiger partial charge in [0.1, 0.15) is 22.4 Å². The number of benzene rings is 3. The van der Waals surface area contributed by atoms with E-state index in [0.29, 0.717) is 22.8 Å². The van der Waals surface area contributed by atoms with Crippen LogP contribution in [-0.2, 0) is 11.3 Å². The van der Waals surface area contributed by atoms with Gasteiger partial charge >= 0.3 is 0 Å². The van der Waals surface area contributed by atoms with Gasteiger partial charge in [-0.05, 0) is 46.9 Å². The van der Waals surface area contributed by atoms with Crippen molar-refractivity contribution in [3.05, 3.63) is 101 Å². The van der Waals surface area contributed by atoms with Crippen LogP contribution in [0.3, 0.4) is 0 Å². The highest BCUT2D eigenvalue weighted by atomic mass is 32.1. The van der Waals surface area contributed by atoms with Crippen LogP contribution in [0.5, 0.6) is 11.5 Å². The molecule has 38 heavy (non-hydrogen) atoms. The quantitative estimate of drug-likeness (QED) is 0.258. The molecule has 0 unspecified atom stereocenters. The number of nitrogens with two attached hydrogens (primary N) is 2. The average molecular weight is 532 g/mol. The summed E-state index contributed by atoms with van der Waals surface area (Å²) < 4.78 is 9.47. The summed E-state index contributed by atoms with van der Waals surface area (Å²) in [4.78, 5) is 40.9. The summed E-state index contributed by atoms with van der Waals surface area (Å²) in [5.41, 5.74) is 12.6. The van der Waals surface area contributed by atoms with E-state index in [1.807, 2.05) is 30.3 Å². The first-order valence-electron chi connectivity index (χ1n) is 11.4. The Morgan fingerprint density at radius 2 is 1.68 bits per heavy atom. The number of aromatic hydroxyl groups is 1. The first kappa shape index (κ1) is 26.2. The smallest absolute Gasteiger partial charge is 0.273 e. The predicted molar refractivity (Wildman–Crippen MR) is 144 cm³/mol. The van der Waals surface area contributed by atoms with Crippen molar-refractivity contribution in [3.63, 3.8) is 0 Å². The van der Waals surface area contributed by atoms with Crippen LogP contribution in [0.15, 0.2) is 78.9 Å². The SMILES string of the molecule is COc1ccccc1N(C(=O)c1snc(C(N)=O)c1N)[C@@H](C(=O)NCc1ccccc1)c1ccc(O)cc1. The summed E-state index contributed by atoms with van der Waals surface area (Å²) in [7, 11) is 1.44. The van der Waals surface area contributed by atoms with Gasteiger partial charge in [0.05, 0.1) is 18.5 Å². The molecule has 0 saturated heterocycles. The molecule has 0 aliphatic carbocycles. The third-order valence-corrected chi connectivity index (χ3v) is 6.60. The van der Waals surface area contributed by atoms with Gasteiger partial charge in [-0.15, -0.1) is 0 Å². The van der Waals surface area contributed by atoms with Gasteiger partial charge in [-0.1, -0.05) is 54.6 Å². The second kappa shape index (κ2) is 11.4. The van der Waals surface area contributed by atoms with Crippen LogP contribution < -0.4 is 26.4 Å². The number of nitrogens with one attached hydrogen (secondary N) is 1. The van der Waals surface area contributed by atoms with Gasteiger partial charge in [0.15, 0.2) is 5.69 Å². The fraction of sp³-hybridized carbons (Fsp3) is 0.111. The second-order valence-electron chi connectivity index (χ2n) is 8.18. The van der Waals surface area contributed by atoms with Crippen molar-refractivity contribution in [3.8, 4) is 11.5 Å². The number of amides is 3. The first-order valence-corrected chi connectivity index (χ1v) is 12.2. The molecule has 4 rings (SSSR count). The van der Waals surface area contributed by atoms with Crippen LogP contribution in [0.4, 0.5) is 11.4 Å². The fourth-order valence-electron chi connectivity index (χ4n) is 3.89. The molecule has 4 aromatic rings. The summed E-state index contributed by atoms with van der Waals surface area (Å²) in [5.74, 6) is -1.76. The van der Waals surface area contributed by atoms with Crippen molar-refractivity contribution >= 4 is 40.6 Å². The summed E-state index contributed by atoms with van der Waals surface area (Å²) in [5, 5.41) is 12.8. The molecule has 3 amide bonds. The number of hydrogen-bond acceptors (Lipinski definition) is 8. The van der Waals surface area contributed by atoms with Crippen molar-refractivity contribution in [1.82, 2.24) is 9.69 Å². The third-order valence-electron chi connectivity index (χ3n) is 5.74. The number of carbonyl (C=O) groups excluding carboxylic acids is 3. The summed E-state index contributed by atoms with van der Waals surface area (Å²) >= 11 is 0.706. The van der Waals surface area contributed by atoms with Crippen molar-refractivity contribution in [2.45, 2.75) is 12.6 Å². The van der Waals surface area contributed by atoms with E-state index in [2.05, 4.69) is 9.69 Å². The number of primary amides is 1. The van der Waals surface area contributed by atoms with Crippen LogP contribution in [0.1, 0.15) is 37.3 Å². The monoisotopic (exact) mass is 531 g/mol. The van der Waals surface area contributed by atoms with Gasteiger partial charge in [-0.3, -0.25) is 19.3 Å². The number of phenols is 1. The zero-order chi connectivity index (χ0) is 27.2. The van der Waals surface area contributed by atoms with Gasteiger partial charge in [0.2, 0.25) is 5.91 Å². The molecule has 0 bridgehead atoms. The van der Waals surface area contributed by atoms with E-state index in [4.69, 9.17) is 16.2 Å². The van der Waals surface area contributed by atoms with Crippen molar-refractivity contribution in [2.24, 2.45) is 5.73 Å². The molecule has 3 aromatic carbocycles. The predicted octanol–water partition coefficient (Wildman–Crippen LogP) is 3.24. The first-order chi connectivity index (χ1) is 18.3. The molecule has 6 N–H and O–H groups in total. The Balaban J connectivity index is 1.86. The van der Waals surface area contributed by atoms with Gasteiger partial charge in [0, 0.05) is 6.54 Å². The molecule has 0 aliphatic heterocycles. The van der Waals surface area contributed by atoms with Crippen molar-refractivity contribution in [2.75, 3.05) is 17.7 Å². The average Bonchev–Trinajstić information content (AvgIpc) is 3.32. The molecule has 1 heterocycles. The number of hydrogen-bond donors (Lipinski definition) is 4. The zero-order valence-electron chi connectivity index (χ0n) is 20.3. The van der Waals surface area contributed by atoms with E-state index >= 15 is 0 Å². The lowest BCUT2D eigenvalue weighted by Gasteiger charge is -2.32. The highest BCUT2D eigenvalue weighted by molar-refractivity contribution is 7.09. The zero-order valence-corrected chi connectivity index (χ0v) is 21.1. The summed E-state index contributed by atoms with van der Waals surface area (Å²) in [6, 6.07) is 20.7. The largest absolute Gasteiger partial charge is 0.508 e. The number of para-hydroxylation sites is 2. The molecular weight excluding hydrogens is 506 g/mol. The summed E-state index contributed by atoms with van der Waals surface area (Å²) in [6.07, 6.45) is 0. The topological polar surface area (TPSA) is 161 Å². The Bertz CT molecular complexity index is 1460. The molecule has 194 valence electrons. The number of nitrogens with zero attached hydrogens (tertiary/aromatic N) is 2. The van der Waals surface area contributed by atoms with Crippen LogP contribution >= 0.6 is 11.5 Å². The van der Waals surface area contributed by atoms with Gasteiger partial charge in [-0.2, -0.15) is 4.37 Å². The minimum atomic E-state index is -1.22. The lowest BCUT2D eigenvalue weighted by Crippen LogP contribution is -2.44. The van der Waals surface area contributed by atoms with Gasteiger partial charge in [-0.25, -0.2) is 0 Å². The minimum Gasteiger partial charge on any atom is -0.508 e. The highest BCUT2D eigenvalue weighted by Crippen LogP contribution is 2.38. The van der Waals surface area contributed by atoms with Crippen LogP contribution in [-0.4, -0.2) is 34.3 Å². The van der Waals surface area contributed by atoms with E-state index < -0.39 is 23.8 Å². The molecule has 0 spiro atoms. The Morgan fingerprint density at radius 1 is 1.03 bits per heavy atom. The Labute approximate surface area is 222 Å². The number of carbonyl (C=O) groups is 3. The molecule has 0 saturated carbocycles. The van der Waals surface area contributed by atoms with E-state index in [1.54, 1.807) is 36.4 Å². The van der Waals surface area contributed by atoms with Crippen molar-refractivity contribution in [1.29, 1.82) is 0 Å². The van der Waals surface area contributed by atoms with Gasteiger partial charge in [0.25, 0.3) is 11.8 Å². The molecule has 1 aromatic heterocycles. The standard InChI is InChI=1S/C27H25N5O5S/c1-37-20-10-6-5-9-19(20)32(27(36)24-21(28)22(25(29)34)31-38-24)23(17-11-13-18(33)14-12-17)26(35)30-15-16-7-3-2-4-8-16/h2-14,23,33H,15,28H2,1H3,(H2,29,34)(H,30,35)/t23-/m1/s1.